The van der Waals surface area contributed by atoms with E-state index >= 15 is 0 Å². The molecule has 3 aromatic rings. The summed E-state index contributed by atoms with van der Waals surface area (Å²) in [6, 6.07) is 21.6. The van der Waals surface area contributed by atoms with Gasteiger partial charge in [0.15, 0.2) is 0 Å². The van der Waals surface area contributed by atoms with Gasteiger partial charge in [-0.2, -0.15) is 4.31 Å². The lowest BCUT2D eigenvalue weighted by atomic mass is 10.1. The number of para-hydroxylation sites is 1. The number of halogens is 1. The van der Waals surface area contributed by atoms with Crippen LogP contribution in [-0.4, -0.2) is 38.1 Å². The first-order valence-electron chi connectivity index (χ1n) is 9.70. The summed E-state index contributed by atoms with van der Waals surface area (Å²) in [4.78, 5) is 25.2. The molecule has 3 aromatic carbocycles. The van der Waals surface area contributed by atoms with Gasteiger partial charge >= 0.3 is 0 Å². The fourth-order valence-corrected chi connectivity index (χ4v) is 4.18. The third-order valence-corrected chi connectivity index (χ3v) is 6.70. The van der Waals surface area contributed by atoms with Crippen molar-refractivity contribution in [3.05, 3.63) is 95.0 Å². The molecular formula is C23H22ClN3O4S. The summed E-state index contributed by atoms with van der Waals surface area (Å²) in [5.74, 6) is -0.930. The van der Waals surface area contributed by atoms with E-state index in [0.29, 0.717) is 17.3 Å². The predicted molar refractivity (Wildman–Crippen MR) is 124 cm³/mol. The number of nitrogens with zero attached hydrogens (tertiary/aromatic N) is 1. The van der Waals surface area contributed by atoms with Crippen molar-refractivity contribution >= 4 is 39.1 Å². The van der Waals surface area contributed by atoms with Crippen molar-refractivity contribution in [2.24, 2.45) is 0 Å². The Bertz CT molecular complexity index is 1200. The maximum atomic E-state index is 12.7. The van der Waals surface area contributed by atoms with Gasteiger partial charge in [0.2, 0.25) is 15.9 Å². The normalized spacial score (nSPS) is 11.2. The van der Waals surface area contributed by atoms with Gasteiger partial charge < -0.3 is 10.6 Å². The second-order valence-electron chi connectivity index (χ2n) is 6.98. The summed E-state index contributed by atoms with van der Waals surface area (Å²) < 4.78 is 26.3. The van der Waals surface area contributed by atoms with Crippen LogP contribution < -0.4 is 10.6 Å². The van der Waals surface area contributed by atoms with E-state index in [-0.39, 0.29) is 16.4 Å². The van der Waals surface area contributed by atoms with E-state index in [0.717, 1.165) is 9.87 Å². The molecule has 7 nitrogen and oxygen atoms in total. The van der Waals surface area contributed by atoms with Gasteiger partial charge in [-0.05, 0) is 42.0 Å². The Labute approximate surface area is 192 Å². The second kappa shape index (κ2) is 10.4. The molecule has 0 bridgehead atoms. The largest absolute Gasteiger partial charge is 0.348 e. The number of rotatable bonds is 8. The molecule has 0 aliphatic rings. The molecule has 2 N–H and O–H groups in total. The van der Waals surface area contributed by atoms with Gasteiger partial charge in [0.25, 0.3) is 5.91 Å². The number of hydrogen-bond acceptors (Lipinski definition) is 4. The molecule has 0 aliphatic carbocycles. The third kappa shape index (κ3) is 5.94. The zero-order chi connectivity index (χ0) is 23.1. The molecule has 0 radical (unpaired) electrons. The van der Waals surface area contributed by atoms with E-state index in [1.807, 2.05) is 30.3 Å². The van der Waals surface area contributed by atoms with E-state index in [1.54, 1.807) is 24.3 Å². The molecule has 0 atom stereocenters. The van der Waals surface area contributed by atoms with Gasteiger partial charge in [-0.3, -0.25) is 9.59 Å². The molecule has 0 aromatic heterocycles. The highest BCUT2D eigenvalue weighted by Crippen LogP contribution is 2.19. The zero-order valence-electron chi connectivity index (χ0n) is 17.3. The minimum Gasteiger partial charge on any atom is -0.348 e. The number of likely N-dealkylation sites (N-methyl/N-ethyl adjacent to an activating group) is 1. The number of carbonyl (C=O) groups is 2. The summed E-state index contributed by atoms with van der Waals surface area (Å²) in [5, 5.41) is 5.85. The minimum absolute atomic E-state index is 0.0258. The van der Waals surface area contributed by atoms with Crippen LogP contribution in [0.25, 0.3) is 0 Å². The monoisotopic (exact) mass is 471 g/mol. The minimum atomic E-state index is -3.87. The number of hydrogen-bond donors (Lipinski definition) is 2. The van der Waals surface area contributed by atoms with Gasteiger partial charge in [0, 0.05) is 18.6 Å². The highest BCUT2D eigenvalue weighted by molar-refractivity contribution is 7.89. The SMILES string of the molecule is CN(CC(=O)Nc1ccccc1C(=O)NCc1ccccc1)S(=O)(=O)c1ccc(Cl)cc1. The van der Waals surface area contributed by atoms with Crippen LogP contribution in [0.4, 0.5) is 5.69 Å². The first kappa shape index (κ1) is 23.5. The first-order chi connectivity index (χ1) is 15.3. The van der Waals surface area contributed by atoms with Crippen LogP contribution in [0.5, 0.6) is 0 Å². The number of anilines is 1. The molecule has 9 heteroatoms. The van der Waals surface area contributed by atoms with E-state index in [9.17, 15) is 18.0 Å². The van der Waals surface area contributed by atoms with Crippen molar-refractivity contribution in [2.75, 3.05) is 18.9 Å². The molecule has 32 heavy (non-hydrogen) atoms. The van der Waals surface area contributed by atoms with Crippen LogP contribution in [0, 0.1) is 0 Å². The van der Waals surface area contributed by atoms with Crippen LogP contribution in [0.15, 0.2) is 83.8 Å². The standard InChI is InChI=1S/C23H22ClN3O4S/c1-27(32(30,31)19-13-11-18(24)12-14-19)16-22(28)26-21-10-6-5-9-20(21)23(29)25-15-17-7-3-2-4-8-17/h2-14H,15-16H2,1H3,(H,25,29)(H,26,28). The lowest BCUT2D eigenvalue weighted by molar-refractivity contribution is -0.116. The Morgan fingerprint density at radius 2 is 1.53 bits per heavy atom. The molecule has 0 fully saturated rings. The van der Waals surface area contributed by atoms with E-state index in [1.165, 1.54) is 31.3 Å². The number of nitrogens with one attached hydrogen (secondary N) is 2. The van der Waals surface area contributed by atoms with E-state index < -0.39 is 22.5 Å². The third-order valence-electron chi connectivity index (χ3n) is 4.63. The summed E-state index contributed by atoms with van der Waals surface area (Å²) in [7, 11) is -2.57. The van der Waals surface area contributed by atoms with Gasteiger partial charge in [0.05, 0.1) is 22.7 Å². The molecule has 0 spiro atoms. The number of carbonyl (C=O) groups excluding carboxylic acids is 2. The Morgan fingerprint density at radius 1 is 0.906 bits per heavy atom. The first-order valence-corrected chi connectivity index (χ1v) is 11.5. The fourth-order valence-electron chi connectivity index (χ4n) is 2.93. The lowest BCUT2D eigenvalue weighted by Gasteiger charge is -2.18. The van der Waals surface area contributed by atoms with Gasteiger partial charge in [0.1, 0.15) is 0 Å². The molecule has 0 heterocycles. The average Bonchev–Trinajstić information content (AvgIpc) is 2.78. The van der Waals surface area contributed by atoms with Crippen molar-refractivity contribution in [2.45, 2.75) is 11.4 Å². The van der Waals surface area contributed by atoms with Crippen LogP contribution in [-0.2, 0) is 21.4 Å². The molecule has 0 unspecified atom stereocenters. The highest BCUT2D eigenvalue weighted by atomic mass is 35.5. The maximum Gasteiger partial charge on any atom is 0.253 e. The zero-order valence-corrected chi connectivity index (χ0v) is 18.9. The van der Waals surface area contributed by atoms with E-state index in [2.05, 4.69) is 10.6 Å². The molecule has 0 saturated carbocycles. The molecule has 0 aliphatic heterocycles. The van der Waals surface area contributed by atoms with Crippen molar-refractivity contribution in [3.63, 3.8) is 0 Å². The Kier molecular flexibility index (Phi) is 7.63. The Morgan fingerprint density at radius 3 is 2.22 bits per heavy atom. The van der Waals surface area contributed by atoms with Crippen molar-refractivity contribution < 1.29 is 18.0 Å². The Balaban J connectivity index is 1.66. The summed E-state index contributed by atoms with van der Waals surface area (Å²) in [6.45, 7) is -0.0883. The lowest BCUT2D eigenvalue weighted by Crippen LogP contribution is -2.35. The number of sulfonamides is 1. The van der Waals surface area contributed by atoms with Crippen LogP contribution in [0.2, 0.25) is 5.02 Å². The van der Waals surface area contributed by atoms with Crippen LogP contribution in [0.1, 0.15) is 15.9 Å². The topological polar surface area (TPSA) is 95.6 Å². The molecule has 2 amide bonds. The van der Waals surface area contributed by atoms with Gasteiger partial charge in [-0.1, -0.05) is 54.1 Å². The van der Waals surface area contributed by atoms with Crippen LogP contribution >= 0.6 is 11.6 Å². The average molecular weight is 472 g/mol. The van der Waals surface area contributed by atoms with Gasteiger partial charge in [-0.15, -0.1) is 0 Å². The quantitative estimate of drug-likeness (QED) is 0.525. The molecule has 3 rings (SSSR count). The highest BCUT2D eigenvalue weighted by Gasteiger charge is 2.23. The molecule has 166 valence electrons. The molecular weight excluding hydrogens is 450 g/mol. The summed E-state index contributed by atoms with van der Waals surface area (Å²) in [5.41, 5.74) is 1.51. The number of amides is 2. The predicted octanol–water partition coefficient (Wildman–Crippen LogP) is 3.53. The maximum absolute atomic E-state index is 12.7. The summed E-state index contributed by atoms with van der Waals surface area (Å²) >= 11 is 5.81. The second-order valence-corrected chi connectivity index (χ2v) is 9.46. The summed E-state index contributed by atoms with van der Waals surface area (Å²) in [6.07, 6.45) is 0. The number of benzene rings is 3. The van der Waals surface area contributed by atoms with E-state index in [4.69, 9.17) is 11.6 Å². The Hall–Kier alpha value is -3.20. The fraction of sp³-hybridized carbons (Fsp3) is 0.130. The van der Waals surface area contributed by atoms with Crippen LogP contribution in [0.3, 0.4) is 0 Å². The van der Waals surface area contributed by atoms with Crippen molar-refractivity contribution in [1.82, 2.24) is 9.62 Å². The van der Waals surface area contributed by atoms with Crippen molar-refractivity contribution in [3.8, 4) is 0 Å². The van der Waals surface area contributed by atoms with Gasteiger partial charge in [-0.25, -0.2) is 8.42 Å². The van der Waals surface area contributed by atoms with Crippen molar-refractivity contribution in [1.29, 1.82) is 0 Å². The molecule has 0 saturated heterocycles. The smallest absolute Gasteiger partial charge is 0.253 e.